The molecular formula is C21H18N4O3S. The zero-order valence-corrected chi connectivity index (χ0v) is 16.7. The number of nitrogens with zero attached hydrogens (tertiary/aromatic N) is 4. The van der Waals surface area contributed by atoms with E-state index in [1.54, 1.807) is 25.2 Å². The van der Waals surface area contributed by atoms with E-state index < -0.39 is 17.4 Å². The first-order chi connectivity index (χ1) is 14.0. The van der Waals surface area contributed by atoms with E-state index in [4.69, 9.17) is 0 Å². The van der Waals surface area contributed by atoms with Crippen LogP contribution in [0.15, 0.2) is 77.9 Å². The highest BCUT2D eigenvalue weighted by Gasteiger charge is 2.41. The number of carbonyl (C=O) groups is 2. The van der Waals surface area contributed by atoms with Crippen molar-refractivity contribution in [1.29, 1.82) is 0 Å². The van der Waals surface area contributed by atoms with Crippen molar-refractivity contribution < 1.29 is 9.59 Å². The van der Waals surface area contributed by atoms with E-state index in [-0.39, 0.29) is 15.5 Å². The summed E-state index contributed by atoms with van der Waals surface area (Å²) in [5.74, 6) is -1.05. The van der Waals surface area contributed by atoms with Crippen molar-refractivity contribution in [1.82, 2.24) is 19.5 Å². The molecule has 8 heteroatoms. The fourth-order valence-corrected chi connectivity index (χ4v) is 3.74. The smallest absolute Gasteiger partial charge is 0.267 e. The average molecular weight is 406 g/mol. The van der Waals surface area contributed by atoms with E-state index in [2.05, 4.69) is 35.8 Å². The molecule has 0 N–H and O–H groups in total. The van der Waals surface area contributed by atoms with Crippen LogP contribution in [-0.4, -0.2) is 31.3 Å². The lowest BCUT2D eigenvalue weighted by molar-refractivity contribution is 0.0708. The second-order valence-electron chi connectivity index (χ2n) is 6.01. The molecule has 0 fully saturated rings. The van der Waals surface area contributed by atoms with Crippen LogP contribution in [0.5, 0.6) is 0 Å². The van der Waals surface area contributed by atoms with Crippen LogP contribution in [0.4, 0.5) is 0 Å². The number of imide groups is 1. The number of hydrogen-bond donors (Lipinski definition) is 0. The molecule has 3 aromatic rings. The first-order valence-electron chi connectivity index (χ1n) is 8.72. The summed E-state index contributed by atoms with van der Waals surface area (Å²) in [5.41, 5.74) is 1.25. The van der Waals surface area contributed by atoms with Gasteiger partial charge in [-0.1, -0.05) is 66.0 Å². The lowest BCUT2D eigenvalue weighted by Gasteiger charge is -2.14. The van der Waals surface area contributed by atoms with Gasteiger partial charge in [-0.2, -0.15) is 5.10 Å². The van der Waals surface area contributed by atoms with Crippen LogP contribution in [0.3, 0.4) is 0 Å². The quantitative estimate of drug-likeness (QED) is 0.492. The number of aromatic nitrogens is 3. The number of thiazole rings is 1. The molecule has 0 unspecified atom stereocenters. The van der Waals surface area contributed by atoms with Crippen molar-refractivity contribution in [3.05, 3.63) is 99.6 Å². The molecule has 7 nitrogen and oxygen atoms in total. The lowest BCUT2D eigenvalue weighted by atomic mass is 10.2. The summed E-state index contributed by atoms with van der Waals surface area (Å²) in [7, 11) is 0. The molecular weight excluding hydrogens is 388 g/mol. The molecule has 1 aromatic carbocycles. The molecule has 0 saturated heterocycles. The van der Waals surface area contributed by atoms with Gasteiger partial charge in [-0.15, -0.1) is 5.10 Å². The van der Waals surface area contributed by atoms with Crippen molar-refractivity contribution in [3.8, 4) is 0 Å². The monoisotopic (exact) mass is 406 g/mol. The van der Waals surface area contributed by atoms with E-state index in [0.717, 1.165) is 26.8 Å². The van der Waals surface area contributed by atoms with Gasteiger partial charge in [0.2, 0.25) is 4.96 Å². The van der Waals surface area contributed by atoms with Crippen LogP contribution in [-0.2, 0) is 0 Å². The Morgan fingerprint density at radius 1 is 1.14 bits per heavy atom. The SMILES string of the molecule is C=C/C=C(\C=C/C)N1C(=O)c2sc3nncc(=O)n3c2C1=O.Cc1ccccc1. The summed E-state index contributed by atoms with van der Waals surface area (Å²) in [6, 6.07) is 10.3. The highest BCUT2D eigenvalue weighted by Crippen LogP contribution is 2.32. The van der Waals surface area contributed by atoms with E-state index in [9.17, 15) is 14.4 Å². The summed E-state index contributed by atoms with van der Waals surface area (Å²) >= 11 is 0.970. The molecule has 0 atom stereocenters. The zero-order valence-electron chi connectivity index (χ0n) is 15.9. The van der Waals surface area contributed by atoms with Crippen LogP contribution < -0.4 is 5.56 Å². The molecule has 0 aliphatic carbocycles. The minimum Gasteiger partial charge on any atom is -0.267 e. The predicted octanol–water partition coefficient (Wildman–Crippen LogP) is 3.39. The van der Waals surface area contributed by atoms with Gasteiger partial charge < -0.3 is 0 Å². The summed E-state index contributed by atoms with van der Waals surface area (Å²) in [5, 5.41) is 7.32. The maximum atomic E-state index is 12.6. The van der Waals surface area contributed by atoms with Crippen LogP contribution in [0, 0.1) is 6.92 Å². The maximum absolute atomic E-state index is 12.6. The third-order valence-corrected chi connectivity index (χ3v) is 5.00. The molecule has 4 rings (SSSR count). The zero-order chi connectivity index (χ0) is 21.0. The van der Waals surface area contributed by atoms with Gasteiger partial charge >= 0.3 is 0 Å². The topological polar surface area (TPSA) is 84.6 Å². The second kappa shape index (κ2) is 8.57. The summed E-state index contributed by atoms with van der Waals surface area (Å²) < 4.78 is 1.12. The Bertz CT molecular complexity index is 1210. The number of carbonyl (C=O) groups excluding carboxylic acids is 2. The van der Waals surface area contributed by atoms with Crippen LogP contribution >= 0.6 is 11.3 Å². The Morgan fingerprint density at radius 3 is 2.45 bits per heavy atom. The Morgan fingerprint density at radius 2 is 1.86 bits per heavy atom. The van der Waals surface area contributed by atoms with E-state index in [1.165, 1.54) is 11.6 Å². The number of allylic oxidation sites excluding steroid dienone is 4. The molecule has 1 aliphatic rings. The molecule has 0 saturated carbocycles. The van der Waals surface area contributed by atoms with Crippen molar-refractivity contribution >= 4 is 28.1 Å². The normalized spacial score (nSPS) is 13.6. The van der Waals surface area contributed by atoms with Crippen LogP contribution in [0.1, 0.15) is 32.6 Å². The molecule has 2 amide bonds. The highest BCUT2D eigenvalue weighted by molar-refractivity contribution is 7.19. The minimum absolute atomic E-state index is 0.0318. The molecule has 1 aliphatic heterocycles. The van der Waals surface area contributed by atoms with E-state index in [0.29, 0.717) is 5.70 Å². The lowest BCUT2D eigenvalue weighted by Crippen LogP contribution is -2.30. The Kier molecular flexibility index (Phi) is 5.94. The van der Waals surface area contributed by atoms with E-state index >= 15 is 0 Å². The van der Waals surface area contributed by atoms with Crippen LogP contribution in [0.2, 0.25) is 0 Å². The third-order valence-electron chi connectivity index (χ3n) is 3.98. The molecule has 0 spiro atoms. The van der Waals surface area contributed by atoms with Gasteiger partial charge in [0.15, 0.2) is 0 Å². The van der Waals surface area contributed by atoms with Gasteiger partial charge in [-0.3, -0.25) is 14.4 Å². The first-order valence-corrected chi connectivity index (χ1v) is 9.54. The third kappa shape index (κ3) is 3.83. The molecule has 0 bridgehead atoms. The van der Waals surface area contributed by atoms with Crippen molar-refractivity contribution in [3.63, 3.8) is 0 Å². The van der Waals surface area contributed by atoms with Gasteiger partial charge in [-0.25, -0.2) is 9.30 Å². The van der Waals surface area contributed by atoms with Gasteiger partial charge in [-0.05, 0) is 26.0 Å². The number of benzene rings is 1. The summed E-state index contributed by atoms with van der Waals surface area (Å²) in [6.45, 7) is 7.43. The number of hydrogen-bond acceptors (Lipinski definition) is 6. The van der Waals surface area contributed by atoms with Crippen molar-refractivity contribution in [2.75, 3.05) is 0 Å². The molecule has 146 valence electrons. The highest BCUT2D eigenvalue weighted by atomic mass is 32.1. The average Bonchev–Trinajstić information content (AvgIpc) is 3.20. The molecule has 0 radical (unpaired) electrons. The van der Waals surface area contributed by atoms with E-state index in [1.807, 2.05) is 18.2 Å². The molecule has 3 heterocycles. The second-order valence-corrected chi connectivity index (χ2v) is 6.99. The predicted molar refractivity (Wildman–Crippen MR) is 112 cm³/mol. The fourth-order valence-electron chi connectivity index (χ4n) is 2.74. The van der Waals surface area contributed by atoms with Gasteiger partial charge in [0.05, 0.1) is 5.70 Å². The van der Waals surface area contributed by atoms with Gasteiger partial charge in [0.1, 0.15) is 16.8 Å². The Balaban J connectivity index is 0.000000290. The first kappa shape index (κ1) is 20.1. The maximum Gasteiger partial charge on any atom is 0.284 e. The number of fused-ring (bicyclic) bond motifs is 3. The summed E-state index contributed by atoms with van der Waals surface area (Å²) in [6.07, 6.45) is 7.37. The van der Waals surface area contributed by atoms with Gasteiger partial charge in [0, 0.05) is 0 Å². The number of rotatable bonds is 3. The van der Waals surface area contributed by atoms with Gasteiger partial charge in [0.25, 0.3) is 17.4 Å². The minimum atomic E-state index is -0.562. The number of aryl methyl sites for hydroxylation is 1. The molecule has 2 aromatic heterocycles. The number of amides is 2. The Labute approximate surface area is 170 Å². The van der Waals surface area contributed by atoms with Crippen LogP contribution in [0.25, 0.3) is 4.96 Å². The Hall–Kier alpha value is -3.65. The largest absolute Gasteiger partial charge is 0.284 e. The standard InChI is InChI=1S/C14H10N4O3S.C7H8/c1-3-5-8(6-4-2)17-12(20)10-11(13(17)21)22-14-16-15-7-9(19)18(10)14;1-7-5-3-2-4-6-7/h3-7H,1H2,2H3;2-6H,1H3/b6-4-,8-5+;. The van der Waals surface area contributed by atoms with Crippen molar-refractivity contribution in [2.45, 2.75) is 13.8 Å². The molecule has 29 heavy (non-hydrogen) atoms. The van der Waals surface area contributed by atoms with Crippen molar-refractivity contribution in [2.24, 2.45) is 0 Å². The fraction of sp³-hybridized carbons (Fsp3) is 0.0952. The summed E-state index contributed by atoms with van der Waals surface area (Å²) in [4.78, 5) is 38.5.